The number of amides is 1. The maximum absolute atomic E-state index is 15.3. The van der Waals surface area contributed by atoms with Gasteiger partial charge in [-0.15, -0.1) is 0 Å². The highest BCUT2D eigenvalue weighted by molar-refractivity contribution is 5.97. The second-order valence-electron chi connectivity index (χ2n) is 9.75. The molecule has 1 unspecified atom stereocenters. The third-order valence-corrected chi connectivity index (χ3v) is 7.73. The molecule has 0 radical (unpaired) electrons. The molecule has 0 saturated heterocycles. The number of pyridine rings is 1. The Balaban J connectivity index is 1.69. The monoisotopic (exact) mass is 505 g/mol. The van der Waals surface area contributed by atoms with Gasteiger partial charge in [0.25, 0.3) is 5.91 Å². The largest absolute Gasteiger partial charge is 0.502 e. The van der Waals surface area contributed by atoms with Crippen LogP contribution in [0.2, 0.25) is 0 Å². The van der Waals surface area contributed by atoms with Gasteiger partial charge in [0.05, 0.1) is 5.54 Å². The standard InChI is InChI=1S/C28H25F2N3O4/c1-17-6-2-3-7-18(17)23-19-8-9-20(29)22(30)26(19)37-15-5-13-28(11-4-12-28)31-16-33(23)32-14-10-21(34)25(35)24(32)27(31)36/h2-3,5-10,13-14,23,35H,4,11-12,15-16H2,1H3/b13-5+. The van der Waals surface area contributed by atoms with Crippen LogP contribution in [-0.2, 0) is 0 Å². The van der Waals surface area contributed by atoms with Crippen molar-refractivity contribution >= 4 is 5.91 Å². The summed E-state index contributed by atoms with van der Waals surface area (Å²) in [6, 6.07) is 10.5. The molecular formula is C28H25F2N3O4. The molecule has 2 aromatic carbocycles. The zero-order valence-corrected chi connectivity index (χ0v) is 20.2. The number of carbonyl (C=O) groups is 1. The third-order valence-electron chi connectivity index (χ3n) is 7.73. The molecule has 1 amide bonds. The number of rotatable bonds is 1. The van der Waals surface area contributed by atoms with E-state index in [1.807, 2.05) is 37.3 Å². The van der Waals surface area contributed by atoms with E-state index in [-0.39, 0.29) is 24.7 Å². The number of hydrogen-bond acceptors (Lipinski definition) is 5. The highest BCUT2D eigenvalue weighted by Crippen LogP contribution is 2.45. The Morgan fingerprint density at radius 3 is 2.57 bits per heavy atom. The minimum absolute atomic E-state index is 0.0201. The summed E-state index contributed by atoms with van der Waals surface area (Å²) in [6.07, 6.45) is 7.28. The smallest absolute Gasteiger partial charge is 0.278 e. The Labute approximate surface area is 211 Å². The molecule has 1 fully saturated rings. The number of aromatic nitrogens is 1. The Morgan fingerprint density at radius 1 is 1.05 bits per heavy atom. The molecule has 37 heavy (non-hydrogen) atoms. The molecule has 1 aliphatic carbocycles. The van der Waals surface area contributed by atoms with E-state index in [1.165, 1.54) is 23.0 Å². The van der Waals surface area contributed by atoms with E-state index in [0.717, 1.165) is 23.6 Å². The lowest BCUT2D eigenvalue weighted by Gasteiger charge is -2.54. The fourth-order valence-corrected chi connectivity index (χ4v) is 5.64. The van der Waals surface area contributed by atoms with E-state index in [0.29, 0.717) is 18.4 Å². The molecule has 2 bridgehead atoms. The molecule has 1 N–H and O–H groups in total. The zero-order valence-electron chi connectivity index (χ0n) is 20.2. The Bertz CT molecular complexity index is 1510. The van der Waals surface area contributed by atoms with Gasteiger partial charge >= 0.3 is 0 Å². The first-order valence-electron chi connectivity index (χ1n) is 12.2. The number of aryl methyl sites for hydroxylation is 1. The van der Waals surface area contributed by atoms with E-state index < -0.39 is 40.3 Å². The molecule has 3 aliphatic rings. The molecule has 7 nitrogen and oxygen atoms in total. The predicted octanol–water partition coefficient (Wildman–Crippen LogP) is 4.15. The van der Waals surface area contributed by atoms with Crippen LogP contribution < -0.4 is 15.2 Å². The summed E-state index contributed by atoms with van der Waals surface area (Å²) in [6.45, 7) is 1.97. The normalized spacial score (nSPS) is 20.8. The van der Waals surface area contributed by atoms with Crippen LogP contribution in [0.4, 0.5) is 8.78 Å². The number of halogens is 2. The van der Waals surface area contributed by atoms with Gasteiger partial charge in [-0.2, -0.15) is 4.39 Å². The third kappa shape index (κ3) is 3.44. The summed E-state index contributed by atoms with van der Waals surface area (Å²) in [5.74, 6) is -3.48. The van der Waals surface area contributed by atoms with Gasteiger partial charge in [-0.25, -0.2) is 4.39 Å². The van der Waals surface area contributed by atoms with E-state index in [9.17, 15) is 19.1 Å². The molecule has 1 aromatic heterocycles. The second-order valence-corrected chi connectivity index (χ2v) is 9.75. The number of ether oxygens (including phenoxy) is 1. The van der Waals surface area contributed by atoms with Gasteiger partial charge in [0.1, 0.15) is 19.3 Å². The summed E-state index contributed by atoms with van der Waals surface area (Å²) in [5, 5.41) is 12.6. The SMILES string of the molecule is Cc1ccccc1C1c2ccc(F)c(F)c2OC/C=C/C2(CCC2)N2CN1n1ccc(=O)c(O)c1C2=O. The average molecular weight is 506 g/mol. The summed E-state index contributed by atoms with van der Waals surface area (Å²) < 4.78 is 37.0. The van der Waals surface area contributed by atoms with Crippen molar-refractivity contribution in [2.45, 2.75) is 37.8 Å². The minimum Gasteiger partial charge on any atom is -0.502 e. The van der Waals surface area contributed by atoms with Gasteiger partial charge in [-0.05, 0) is 55.5 Å². The van der Waals surface area contributed by atoms with Crippen LogP contribution in [0.25, 0.3) is 0 Å². The maximum atomic E-state index is 15.3. The van der Waals surface area contributed by atoms with Crippen LogP contribution in [0.5, 0.6) is 11.5 Å². The van der Waals surface area contributed by atoms with E-state index in [4.69, 9.17) is 4.74 Å². The molecule has 3 aromatic rings. The first-order chi connectivity index (χ1) is 17.8. The van der Waals surface area contributed by atoms with Crippen molar-refractivity contribution in [2.75, 3.05) is 18.3 Å². The number of nitrogens with zero attached hydrogens (tertiary/aromatic N) is 3. The second kappa shape index (κ2) is 8.47. The van der Waals surface area contributed by atoms with E-state index in [2.05, 4.69) is 0 Å². The van der Waals surface area contributed by atoms with Gasteiger partial charge in [0, 0.05) is 17.8 Å². The van der Waals surface area contributed by atoms with Gasteiger partial charge in [-0.1, -0.05) is 30.3 Å². The minimum atomic E-state index is -1.10. The fourth-order valence-electron chi connectivity index (χ4n) is 5.64. The van der Waals surface area contributed by atoms with Gasteiger partial charge in [-0.3, -0.25) is 19.3 Å². The van der Waals surface area contributed by atoms with Crippen LogP contribution in [0.1, 0.15) is 52.5 Å². The van der Waals surface area contributed by atoms with Gasteiger partial charge in [0.2, 0.25) is 11.2 Å². The Morgan fingerprint density at radius 2 is 1.84 bits per heavy atom. The summed E-state index contributed by atoms with van der Waals surface area (Å²) >= 11 is 0. The number of benzene rings is 2. The lowest BCUT2D eigenvalue weighted by atomic mass is 9.74. The van der Waals surface area contributed by atoms with Crippen molar-refractivity contribution in [2.24, 2.45) is 0 Å². The molecule has 9 heteroatoms. The fraction of sp³-hybridized carbons (Fsp3) is 0.286. The van der Waals surface area contributed by atoms with Crippen molar-refractivity contribution in [3.63, 3.8) is 0 Å². The van der Waals surface area contributed by atoms with E-state index >= 15 is 4.39 Å². The molecule has 2 aliphatic heterocycles. The zero-order chi connectivity index (χ0) is 25.9. The maximum Gasteiger partial charge on any atom is 0.278 e. The van der Waals surface area contributed by atoms with Crippen LogP contribution >= 0.6 is 0 Å². The van der Waals surface area contributed by atoms with Crippen LogP contribution in [-0.4, -0.2) is 39.4 Å². The topological polar surface area (TPSA) is 75.0 Å². The lowest BCUT2D eigenvalue weighted by molar-refractivity contribution is 0.0255. The first-order valence-corrected chi connectivity index (χ1v) is 12.2. The summed E-state index contributed by atoms with van der Waals surface area (Å²) in [7, 11) is 0. The molecular weight excluding hydrogens is 480 g/mol. The number of fused-ring (bicyclic) bond motifs is 6. The van der Waals surface area contributed by atoms with Crippen molar-refractivity contribution in [1.82, 2.24) is 9.58 Å². The Hall–Kier alpha value is -4.14. The quantitative estimate of drug-likeness (QED) is 0.503. The van der Waals surface area contributed by atoms with Crippen LogP contribution in [0, 0.1) is 18.6 Å². The van der Waals surface area contributed by atoms with Crippen LogP contribution in [0.3, 0.4) is 0 Å². The van der Waals surface area contributed by atoms with Crippen molar-refractivity contribution in [3.8, 4) is 11.5 Å². The molecule has 6 rings (SSSR count). The molecule has 1 saturated carbocycles. The van der Waals surface area contributed by atoms with Crippen molar-refractivity contribution in [3.05, 3.63) is 105 Å². The van der Waals surface area contributed by atoms with Gasteiger partial charge in [0.15, 0.2) is 23.0 Å². The van der Waals surface area contributed by atoms with Crippen LogP contribution in [0.15, 0.2) is 65.6 Å². The molecule has 3 heterocycles. The number of carbonyl (C=O) groups excluding carboxylic acids is 1. The predicted molar refractivity (Wildman–Crippen MR) is 132 cm³/mol. The molecule has 190 valence electrons. The first kappa shape index (κ1) is 23.3. The van der Waals surface area contributed by atoms with Gasteiger partial charge < -0.3 is 14.7 Å². The number of hydrogen-bond donors (Lipinski definition) is 1. The van der Waals surface area contributed by atoms with Crippen molar-refractivity contribution < 1.29 is 23.4 Å². The molecule has 1 spiro atoms. The summed E-state index contributed by atoms with van der Waals surface area (Å²) in [4.78, 5) is 27.9. The number of aromatic hydroxyl groups is 1. The lowest BCUT2D eigenvalue weighted by Crippen LogP contribution is -2.64. The average Bonchev–Trinajstić information content (AvgIpc) is 2.88. The molecule has 1 atom stereocenters. The van der Waals surface area contributed by atoms with Crippen molar-refractivity contribution in [1.29, 1.82) is 0 Å². The summed E-state index contributed by atoms with van der Waals surface area (Å²) in [5.41, 5.74) is 0.509. The van der Waals surface area contributed by atoms with E-state index in [1.54, 1.807) is 16.0 Å². The highest BCUT2D eigenvalue weighted by Gasteiger charge is 2.49. The Kier molecular flexibility index (Phi) is 5.33. The highest BCUT2D eigenvalue weighted by atomic mass is 19.2.